The van der Waals surface area contributed by atoms with Gasteiger partial charge >= 0.3 is 6.36 Å². The van der Waals surface area contributed by atoms with Crippen LogP contribution in [0.15, 0.2) is 46.3 Å². The standard InChI is InChI=1S/C20H21F3N4O3S2/c1-11-6-8-14-15(25-12(11)2)4-3-5-16(14)26-19(31)27-17-10-13(32(24,28)29)7-9-18(17)30-20(21,22)23/h3-5,7,9-11H,6,8H2,1-2H3,(H2,24,28,29)(H2,26,27,31). The van der Waals surface area contributed by atoms with Crippen LogP contribution in [0, 0.1) is 5.92 Å². The summed E-state index contributed by atoms with van der Waals surface area (Å²) in [6, 6.07) is 8.13. The Morgan fingerprint density at radius 3 is 2.56 bits per heavy atom. The van der Waals surface area contributed by atoms with Crippen molar-refractivity contribution in [2.75, 3.05) is 10.6 Å². The number of hydrogen-bond donors (Lipinski definition) is 3. The molecule has 0 fully saturated rings. The van der Waals surface area contributed by atoms with Gasteiger partial charge in [-0.3, -0.25) is 4.99 Å². The summed E-state index contributed by atoms with van der Waals surface area (Å²) in [5, 5.41) is 10.6. The number of halogens is 3. The lowest BCUT2D eigenvalue weighted by molar-refractivity contribution is -0.274. The SMILES string of the molecule is CC1=Nc2cccc(NC(=S)Nc3cc(S(N)(=O)=O)ccc3OC(F)(F)F)c2CCC1C. The zero-order valence-corrected chi connectivity index (χ0v) is 18.8. The van der Waals surface area contributed by atoms with Crippen LogP contribution in [0.5, 0.6) is 5.75 Å². The number of ether oxygens (including phenoxy) is 1. The van der Waals surface area contributed by atoms with Crippen molar-refractivity contribution in [1.29, 1.82) is 0 Å². The van der Waals surface area contributed by atoms with E-state index in [1.807, 2.05) is 13.0 Å². The van der Waals surface area contributed by atoms with Gasteiger partial charge in [0, 0.05) is 17.0 Å². The van der Waals surface area contributed by atoms with Crippen molar-refractivity contribution in [1.82, 2.24) is 0 Å². The summed E-state index contributed by atoms with van der Waals surface area (Å²) < 4.78 is 65.6. The first kappa shape index (κ1) is 24.0. The number of hydrogen-bond acceptors (Lipinski definition) is 5. The molecule has 3 rings (SSSR count). The molecular formula is C20H21F3N4O3S2. The Hall–Kier alpha value is -2.70. The molecule has 0 amide bonds. The number of aliphatic imine (C=N–C) groups is 1. The topological polar surface area (TPSA) is 106 Å². The van der Waals surface area contributed by atoms with Gasteiger partial charge in [-0.15, -0.1) is 13.2 Å². The monoisotopic (exact) mass is 486 g/mol. The van der Waals surface area contributed by atoms with Gasteiger partial charge in [-0.05, 0) is 68.2 Å². The summed E-state index contributed by atoms with van der Waals surface area (Å²) in [5.41, 5.74) is 3.06. The number of sulfonamides is 1. The van der Waals surface area contributed by atoms with Crippen molar-refractivity contribution >= 4 is 50.1 Å². The highest BCUT2D eigenvalue weighted by Gasteiger charge is 2.32. The summed E-state index contributed by atoms with van der Waals surface area (Å²) in [6.07, 6.45) is -3.38. The fourth-order valence-corrected chi connectivity index (χ4v) is 3.96. The number of thiocarbonyl (C=S) groups is 1. The molecular weight excluding hydrogens is 465 g/mol. The van der Waals surface area contributed by atoms with Crippen LogP contribution < -0.4 is 20.5 Å². The van der Waals surface area contributed by atoms with Crippen molar-refractivity contribution in [2.45, 2.75) is 37.9 Å². The Morgan fingerprint density at radius 2 is 1.91 bits per heavy atom. The lowest BCUT2D eigenvalue weighted by Crippen LogP contribution is -2.23. The minimum Gasteiger partial charge on any atom is -0.404 e. The van der Waals surface area contributed by atoms with Crippen LogP contribution in [-0.2, 0) is 16.4 Å². The smallest absolute Gasteiger partial charge is 0.404 e. The number of benzene rings is 2. The van der Waals surface area contributed by atoms with E-state index in [4.69, 9.17) is 17.4 Å². The van der Waals surface area contributed by atoms with Crippen LogP contribution in [0.1, 0.15) is 25.8 Å². The number of fused-ring (bicyclic) bond motifs is 1. The Balaban J connectivity index is 1.89. The van der Waals surface area contributed by atoms with Gasteiger partial charge in [0.05, 0.1) is 16.3 Å². The number of anilines is 2. The number of primary sulfonamides is 1. The molecule has 1 heterocycles. The lowest BCUT2D eigenvalue weighted by Gasteiger charge is -2.18. The third-order valence-corrected chi connectivity index (χ3v) is 6.11. The molecule has 1 unspecified atom stereocenters. The maximum Gasteiger partial charge on any atom is 0.573 e. The number of nitrogens with one attached hydrogen (secondary N) is 2. The second-order valence-electron chi connectivity index (χ2n) is 7.33. The molecule has 0 spiro atoms. The van der Waals surface area contributed by atoms with Crippen LogP contribution in [-0.4, -0.2) is 25.6 Å². The van der Waals surface area contributed by atoms with Gasteiger partial charge in [-0.25, -0.2) is 13.6 Å². The number of nitrogens with two attached hydrogens (primary N) is 1. The molecule has 0 saturated carbocycles. The Bertz CT molecular complexity index is 1180. The maximum atomic E-state index is 12.8. The van der Waals surface area contributed by atoms with E-state index in [-0.39, 0.29) is 10.8 Å². The van der Waals surface area contributed by atoms with E-state index in [1.54, 1.807) is 12.1 Å². The van der Waals surface area contributed by atoms with E-state index in [2.05, 4.69) is 27.3 Å². The first-order chi connectivity index (χ1) is 14.8. The first-order valence-corrected chi connectivity index (χ1v) is 11.5. The van der Waals surface area contributed by atoms with E-state index >= 15 is 0 Å². The van der Waals surface area contributed by atoms with E-state index in [0.717, 1.165) is 48.0 Å². The molecule has 0 bridgehead atoms. The molecule has 7 nitrogen and oxygen atoms in total. The van der Waals surface area contributed by atoms with Crippen molar-refractivity contribution in [3.63, 3.8) is 0 Å². The lowest BCUT2D eigenvalue weighted by atomic mass is 9.98. The highest BCUT2D eigenvalue weighted by molar-refractivity contribution is 7.89. The molecule has 0 radical (unpaired) electrons. The van der Waals surface area contributed by atoms with Gasteiger partial charge in [0.25, 0.3) is 0 Å². The normalized spacial score (nSPS) is 16.4. The molecule has 1 aliphatic rings. The second-order valence-corrected chi connectivity index (χ2v) is 9.30. The van der Waals surface area contributed by atoms with Gasteiger partial charge in [0.2, 0.25) is 10.0 Å². The van der Waals surface area contributed by atoms with Gasteiger partial charge in [0.1, 0.15) is 0 Å². The van der Waals surface area contributed by atoms with E-state index in [9.17, 15) is 21.6 Å². The molecule has 172 valence electrons. The average Bonchev–Trinajstić information content (AvgIpc) is 2.80. The molecule has 2 aromatic rings. The quantitative estimate of drug-likeness (QED) is 0.540. The molecule has 4 N–H and O–H groups in total. The highest BCUT2D eigenvalue weighted by atomic mass is 32.2. The van der Waals surface area contributed by atoms with Crippen LogP contribution in [0.2, 0.25) is 0 Å². The van der Waals surface area contributed by atoms with Crippen LogP contribution >= 0.6 is 12.2 Å². The third-order valence-electron chi connectivity index (χ3n) is 4.99. The molecule has 12 heteroatoms. The predicted molar refractivity (Wildman–Crippen MR) is 121 cm³/mol. The van der Waals surface area contributed by atoms with Gasteiger partial charge < -0.3 is 15.4 Å². The fraction of sp³-hybridized carbons (Fsp3) is 0.300. The summed E-state index contributed by atoms with van der Waals surface area (Å²) in [7, 11) is -4.16. The fourth-order valence-electron chi connectivity index (χ4n) is 3.20. The van der Waals surface area contributed by atoms with Crippen LogP contribution in [0.3, 0.4) is 0 Å². The minimum atomic E-state index is -4.99. The van der Waals surface area contributed by atoms with Crippen LogP contribution in [0.25, 0.3) is 0 Å². The molecule has 32 heavy (non-hydrogen) atoms. The van der Waals surface area contributed by atoms with Crippen molar-refractivity contribution in [2.24, 2.45) is 16.0 Å². The average molecular weight is 487 g/mol. The number of alkyl halides is 3. The molecule has 0 aromatic heterocycles. The molecule has 2 aromatic carbocycles. The summed E-state index contributed by atoms with van der Waals surface area (Å²) >= 11 is 5.27. The predicted octanol–water partition coefficient (Wildman–Crippen LogP) is 4.72. The Kier molecular flexibility index (Phi) is 6.77. The maximum absolute atomic E-state index is 12.8. The Labute approximate surface area is 188 Å². The van der Waals surface area contributed by atoms with E-state index < -0.39 is 27.0 Å². The van der Waals surface area contributed by atoms with Gasteiger partial charge in [-0.1, -0.05) is 13.0 Å². The molecule has 0 saturated heterocycles. The number of rotatable bonds is 4. The second kappa shape index (κ2) is 9.04. The molecule has 0 aliphatic carbocycles. The third kappa shape index (κ3) is 5.96. The molecule has 1 aliphatic heterocycles. The van der Waals surface area contributed by atoms with E-state index in [1.165, 1.54) is 0 Å². The highest BCUT2D eigenvalue weighted by Crippen LogP contribution is 2.34. The summed E-state index contributed by atoms with van der Waals surface area (Å²) in [5.74, 6) is -0.349. The van der Waals surface area contributed by atoms with Gasteiger partial charge in [0.15, 0.2) is 10.9 Å². The van der Waals surface area contributed by atoms with Crippen molar-refractivity contribution < 1.29 is 26.3 Å². The van der Waals surface area contributed by atoms with Crippen LogP contribution in [0.4, 0.5) is 30.2 Å². The first-order valence-electron chi connectivity index (χ1n) is 9.51. The summed E-state index contributed by atoms with van der Waals surface area (Å²) in [6.45, 7) is 4.05. The van der Waals surface area contributed by atoms with Crippen molar-refractivity contribution in [3.8, 4) is 5.75 Å². The largest absolute Gasteiger partial charge is 0.573 e. The zero-order valence-electron chi connectivity index (χ0n) is 17.2. The Morgan fingerprint density at radius 1 is 1.22 bits per heavy atom. The minimum absolute atomic E-state index is 0.0602. The van der Waals surface area contributed by atoms with E-state index in [0.29, 0.717) is 11.6 Å². The van der Waals surface area contributed by atoms with Crippen molar-refractivity contribution in [3.05, 3.63) is 42.0 Å². The summed E-state index contributed by atoms with van der Waals surface area (Å²) in [4.78, 5) is 4.25. The van der Waals surface area contributed by atoms with Gasteiger partial charge in [-0.2, -0.15) is 0 Å². The molecule has 1 atom stereocenters. The number of nitrogens with zero attached hydrogens (tertiary/aromatic N) is 1. The zero-order chi connectivity index (χ0) is 23.7.